The summed E-state index contributed by atoms with van der Waals surface area (Å²) in [5.41, 5.74) is -1.81. The van der Waals surface area contributed by atoms with Gasteiger partial charge in [-0.25, -0.2) is 0 Å². The number of ketones is 1. The average Bonchev–Trinajstić information content (AvgIpc) is 2.41. The normalized spacial score (nSPS) is 17.8. The zero-order chi connectivity index (χ0) is 18.6. The van der Waals surface area contributed by atoms with Crippen LogP contribution in [-0.2, 0) is 14.3 Å². The maximum atomic E-state index is 12.6. The summed E-state index contributed by atoms with van der Waals surface area (Å²) in [6.45, 7) is 15.4. The Kier molecular flexibility index (Phi) is 7.64. The summed E-state index contributed by atoms with van der Waals surface area (Å²) in [5, 5.41) is 20.5. The second-order valence-corrected chi connectivity index (χ2v) is 7.77. The minimum absolute atomic E-state index is 0.243. The second kappa shape index (κ2) is 8.06. The molecule has 0 heterocycles. The number of rotatable bonds is 8. The number of hydrogen-bond acceptors (Lipinski definition) is 5. The van der Waals surface area contributed by atoms with E-state index in [4.69, 9.17) is 4.74 Å². The fourth-order valence-corrected chi connectivity index (χ4v) is 2.30. The molecule has 0 bridgehead atoms. The molecule has 0 saturated heterocycles. The zero-order valence-electron chi connectivity index (χ0n) is 15.4. The molecule has 0 aromatic carbocycles. The average molecular weight is 328 g/mol. The molecule has 0 spiro atoms. The maximum absolute atomic E-state index is 12.6. The maximum Gasteiger partial charge on any atom is 0.308 e. The lowest BCUT2D eigenvalue weighted by atomic mass is 9.73. The Labute approximate surface area is 139 Å². The number of ether oxygens (including phenoxy) is 1. The van der Waals surface area contributed by atoms with Gasteiger partial charge >= 0.3 is 5.97 Å². The van der Waals surface area contributed by atoms with Gasteiger partial charge in [-0.3, -0.25) is 9.59 Å². The third kappa shape index (κ3) is 6.43. The third-order valence-corrected chi connectivity index (χ3v) is 4.08. The van der Waals surface area contributed by atoms with Crippen molar-refractivity contribution in [3.05, 3.63) is 12.7 Å². The number of esters is 1. The lowest BCUT2D eigenvalue weighted by Gasteiger charge is -2.34. The van der Waals surface area contributed by atoms with Gasteiger partial charge in [0.1, 0.15) is 11.4 Å². The van der Waals surface area contributed by atoms with Crippen LogP contribution in [0.4, 0.5) is 0 Å². The van der Waals surface area contributed by atoms with Crippen LogP contribution in [0.25, 0.3) is 0 Å². The summed E-state index contributed by atoms with van der Waals surface area (Å²) < 4.78 is 5.17. The molecule has 0 amide bonds. The highest BCUT2D eigenvalue weighted by Gasteiger charge is 2.42. The summed E-state index contributed by atoms with van der Waals surface area (Å²) in [4.78, 5) is 24.5. The zero-order valence-corrected chi connectivity index (χ0v) is 15.4. The van der Waals surface area contributed by atoms with Crippen LogP contribution in [0.1, 0.15) is 54.9 Å². The van der Waals surface area contributed by atoms with E-state index in [1.807, 2.05) is 0 Å². The minimum Gasteiger partial charge on any atom is -0.460 e. The van der Waals surface area contributed by atoms with E-state index in [1.165, 1.54) is 0 Å². The standard InChI is InChI=1S/C18H32O5/c1-9-11(2)15(21)12(3)16(22)18(7,8)13(19)10-14(20)23-17(4,5)6/h9,11-13,15,19,21H,1,10H2,2-8H3/t11-,12+,13-,15-/m0/s1. The number of aliphatic hydroxyl groups is 2. The highest BCUT2D eigenvalue weighted by molar-refractivity contribution is 5.88. The molecule has 5 heteroatoms. The highest BCUT2D eigenvalue weighted by Crippen LogP contribution is 2.31. The van der Waals surface area contributed by atoms with Crippen molar-refractivity contribution >= 4 is 11.8 Å². The molecule has 2 N–H and O–H groups in total. The number of hydrogen-bond donors (Lipinski definition) is 2. The van der Waals surface area contributed by atoms with Crippen LogP contribution < -0.4 is 0 Å². The molecule has 0 unspecified atom stereocenters. The molecule has 23 heavy (non-hydrogen) atoms. The molecule has 5 nitrogen and oxygen atoms in total. The van der Waals surface area contributed by atoms with Crippen LogP contribution >= 0.6 is 0 Å². The lowest BCUT2D eigenvalue weighted by molar-refractivity contribution is -0.160. The molecule has 0 aromatic rings. The second-order valence-electron chi connectivity index (χ2n) is 7.77. The molecule has 0 radical (unpaired) electrons. The van der Waals surface area contributed by atoms with Gasteiger partial charge in [0.25, 0.3) is 0 Å². The molecule has 4 atom stereocenters. The molecule has 0 aromatic heterocycles. The van der Waals surface area contributed by atoms with Gasteiger partial charge in [-0.05, 0) is 20.8 Å². The summed E-state index contributed by atoms with van der Waals surface area (Å²) in [7, 11) is 0. The van der Waals surface area contributed by atoms with Gasteiger partial charge in [0.2, 0.25) is 0 Å². The van der Waals surface area contributed by atoms with E-state index in [2.05, 4.69) is 6.58 Å². The Hall–Kier alpha value is -1.20. The lowest BCUT2D eigenvalue weighted by Crippen LogP contribution is -2.45. The van der Waals surface area contributed by atoms with Crippen molar-refractivity contribution in [1.82, 2.24) is 0 Å². The first-order valence-corrected chi connectivity index (χ1v) is 7.98. The molecular formula is C18H32O5. The monoisotopic (exact) mass is 328 g/mol. The van der Waals surface area contributed by atoms with E-state index in [9.17, 15) is 19.8 Å². The predicted molar refractivity (Wildman–Crippen MR) is 89.8 cm³/mol. The van der Waals surface area contributed by atoms with Crippen molar-refractivity contribution in [2.45, 2.75) is 72.7 Å². The van der Waals surface area contributed by atoms with Gasteiger partial charge in [-0.1, -0.05) is 33.8 Å². The Bertz CT molecular complexity index is 433. The first-order chi connectivity index (χ1) is 10.2. The molecule has 0 aliphatic carbocycles. The van der Waals surface area contributed by atoms with Crippen LogP contribution in [-0.4, -0.2) is 39.8 Å². The van der Waals surface area contributed by atoms with Crippen molar-refractivity contribution < 1.29 is 24.5 Å². The minimum atomic E-state index is -1.18. The Balaban J connectivity index is 4.98. The van der Waals surface area contributed by atoms with E-state index in [-0.39, 0.29) is 18.1 Å². The summed E-state index contributed by atoms with van der Waals surface area (Å²) >= 11 is 0. The van der Waals surface area contributed by atoms with Crippen molar-refractivity contribution in [3.8, 4) is 0 Å². The first kappa shape index (κ1) is 21.8. The van der Waals surface area contributed by atoms with Gasteiger partial charge in [-0.2, -0.15) is 0 Å². The van der Waals surface area contributed by atoms with Crippen LogP contribution in [0.15, 0.2) is 12.7 Å². The Morgan fingerprint density at radius 2 is 1.61 bits per heavy atom. The van der Waals surface area contributed by atoms with E-state index in [0.29, 0.717) is 0 Å². The quantitative estimate of drug-likeness (QED) is 0.528. The fraction of sp³-hybridized carbons (Fsp3) is 0.778. The van der Waals surface area contributed by atoms with E-state index in [0.717, 1.165) is 0 Å². The molecule has 0 aliphatic heterocycles. The van der Waals surface area contributed by atoms with Gasteiger partial charge in [0.05, 0.1) is 24.0 Å². The largest absolute Gasteiger partial charge is 0.460 e. The number of Topliss-reactive ketones (excluding diaryl/α,β-unsaturated/α-hetero) is 1. The molecular weight excluding hydrogens is 296 g/mol. The summed E-state index contributed by atoms with van der Waals surface area (Å²) in [6, 6.07) is 0. The molecule has 0 saturated carbocycles. The predicted octanol–water partition coefficient (Wildman–Crippen LogP) is 2.49. The van der Waals surface area contributed by atoms with Gasteiger partial charge < -0.3 is 14.9 Å². The Morgan fingerprint density at radius 3 is 2.00 bits per heavy atom. The van der Waals surface area contributed by atoms with Crippen molar-refractivity contribution in [2.75, 3.05) is 0 Å². The number of carbonyl (C=O) groups is 2. The molecule has 0 fully saturated rings. The smallest absolute Gasteiger partial charge is 0.308 e. The van der Waals surface area contributed by atoms with Gasteiger partial charge in [0, 0.05) is 11.8 Å². The Morgan fingerprint density at radius 1 is 1.13 bits per heavy atom. The van der Waals surface area contributed by atoms with Gasteiger partial charge in [-0.15, -0.1) is 6.58 Å². The molecule has 0 rings (SSSR count). The van der Waals surface area contributed by atoms with E-state index >= 15 is 0 Å². The fourth-order valence-electron chi connectivity index (χ4n) is 2.30. The van der Waals surface area contributed by atoms with Crippen molar-refractivity contribution in [2.24, 2.45) is 17.3 Å². The highest BCUT2D eigenvalue weighted by atomic mass is 16.6. The summed E-state index contributed by atoms with van der Waals surface area (Å²) in [6.07, 6.45) is -0.749. The number of carbonyl (C=O) groups excluding carboxylic acids is 2. The van der Waals surface area contributed by atoms with E-state index in [1.54, 1.807) is 54.5 Å². The first-order valence-electron chi connectivity index (χ1n) is 7.98. The van der Waals surface area contributed by atoms with Crippen molar-refractivity contribution in [3.63, 3.8) is 0 Å². The van der Waals surface area contributed by atoms with Crippen LogP contribution in [0.5, 0.6) is 0 Å². The van der Waals surface area contributed by atoms with Crippen molar-refractivity contribution in [1.29, 1.82) is 0 Å². The third-order valence-electron chi connectivity index (χ3n) is 4.08. The van der Waals surface area contributed by atoms with Crippen LogP contribution in [0.2, 0.25) is 0 Å². The SMILES string of the molecule is C=C[C@H](C)[C@H](O)[C@@H](C)C(=O)C(C)(C)[C@@H](O)CC(=O)OC(C)(C)C. The topological polar surface area (TPSA) is 83.8 Å². The van der Waals surface area contributed by atoms with Gasteiger partial charge in [0.15, 0.2) is 0 Å². The van der Waals surface area contributed by atoms with Crippen LogP contribution in [0, 0.1) is 17.3 Å². The van der Waals surface area contributed by atoms with Crippen LogP contribution in [0.3, 0.4) is 0 Å². The number of aliphatic hydroxyl groups excluding tert-OH is 2. The molecule has 0 aliphatic rings. The summed E-state index contributed by atoms with van der Waals surface area (Å²) in [5.74, 6) is -1.77. The molecule has 134 valence electrons. The van der Waals surface area contributed by atoms with E-state index < -0.39 is 35.1 Å².